The molecule has 0 atom stereocenters. The predicted octanol–water partition coefficient (Wildman–Crippen LogP) is 2.45. The summed E-state index contributed by atoms with van der Waals surface area (Å²) in [6, 6.07) is 8.43. The first kappa shape index (κ1) is 21.4. The molecule has 3 aliphatic rings. The molecule has 2 saturated heterocycles. The monoisotopic (exact) mass is 415 g/mol. The molecule has 166 valence electrons. The zero-order valence-corrected chi connectivity index (χ0v) is 18.3. The predicted molar refractivity (Wildman–Crippen MR) is 120 cm³/mol. The van der Waals surface area contributed by atoms with Crippen LogP contribution >= 0.6 is 0 Å². The number of likely N-dealkylation sites (N-methyl/N-ethyl adjacent to an activating group) is 1. The standard InChI is InChI=1S/C23H37N5O2/c1-26-15-17-27(18-16-26)14-11-24-23(29)25-19-5-7-21(8-6-19)30-22-9-12-28(13-10-22)20-3-2-4-20/h5-8,20,22H,2-4,9-18H2,1H3,(H2,24,25,29). The highest BCUT2D eigenvalue weighted by atomic mass is 16.5. The molecule has 4 rings (SSSR count). The van der Waals surface area contributed by atoms with E-state index in [0.717, 1.165) is 76.1 Å². The fourth-order valence-corrected chi connectivity index (χ4v) is 4.49. The van der Waals surface area contributed by atoms with Crippen molar-refractivity contribution < 1.29 is 9.53 Å². The number of nitrogens with one attached hydrogen (secondary N) is 2. The first-order chi connectivity index (χ1) is 14.7. The van der Waals surface area contributed by atoms with E-state index in [4.69, 9.17) is 4.74 Å². The first-order valence-corrected chi connectivity index (χ1v) is 11.6. The van der Waals surface area contributed by atoms with Crippen LogP contribution in [0.25, 0.3) is 0 Å². The Kier molecular flexibility index (Phi) is 7.47. The number of piperidine rings is 1. The molecule has 2 amide bonds. The van der Waals surface area contributed by atoms with Crippen molar-refractivity contribution in [2.45, 2.75) is 44.2 Å². The van der Waals surface area contributed by atoms with Crippen molar-refractivity contribution in [2.75, 3.05) is 64.7 Å². The van der Waals surface area contributed by atoms with Crippen molar-refractivity contribution in [3.05, 3.63) is 24.3 Å². The summed E-state index contributed by atoms with van der Waals surface area (Å²) in [5.74, 6) is 0.887. The quantitative estimate of drug-likeness (QED) is 0.716. The maximum Gasteiger partial charge on any atom is 0.319 e. The Morgan fingerprint density at radius 3 is 2.33 bits per heavy atom. The molecule has 3 fully saturated rings. The van der Waals surface area contributed by atoms with E-state index in [1.807, 2.05) is 24.3 Å². The minimum absolute atomic E-state index is 0.152. The number of carbonyl (C=O) groups excluding carboxylic acids is 1. The van der Waals surface area contributed by atoms with Crippen LogP contribution < -0.4 is 15.4 Å². The highest BCUT2D eigenvalue weighted by Crippen LogP contribution is 2.28. The number of benzene rings is 1. The van der Waals surface area contributed by atoms with Crippen molar-refractivity contribution in [1.82, 2.24) is 20.0 Å². The molecular weight excluding hydrogens is 378 g/mol. The van der Waals surface area contributed by atoms with Gasteiger partial charge in [-0.05, 0) is 57.0 Å². The van der Waals surface area contributed by atoms with Gasteiger partial charge in [-0.1, -0.05) is 6.42 Å². The molecule has 0 bridgehead atoms. The number of piperazine rings is 1. The number of amides is 2. The van der Waals surface area contributed by atoms with Gasteiger partial charge in [-0.15, -0.1) is 0 Å². The van der Waals surface area contributed by atoms with Gasteiger partial charge in [-0.3, -0.25) is 4.90 Å². The van der Waals surface area contributed by atoms with Crippen LogP contribution in [0.4, 0.5) is 10.5 Å². The van der Waals surface area contributed by atoms with Gasteiger partial charge in [0.2, 0.25) is 0 Å². The molecule has 1 saturated carbocycles. The number of rotatable bonds is 7. The number of hydrogen-bond acceptors (Lipinski definition) is 5. The molecule has 2 N–H and O–H groups in total. The molecule has 2 heterocycles. The minimum atomic E-state index is -0.152. The number of hydrogen-bond donors (Lipinski definition) is 2. The van der Waals surface area contributed by atoms with E-state index < -0.39 is 0 Å². The summed E-state index contributed by atoms with van der Waals surface area (Å²) in [5, 5.41) is 5.86. The lowest BCUT2D eigenvalue weighted by molar-refractivity contribution is 0.0493. The van der Waals surface area contributed by atoms with E-state index in [-0.39, 0.29) is 6.03 Å². The smallest absolute Gasteiger partial charge is 0.319 e. The largest absolute Gasteiger partial charge is 0.490 e. The van der Waals surface area contributed by atoms with Gasteiger partial charge in [0.25, 0.3) is 0 Å². The lowest BCUT2D eigenvalue weighted by Gasteiger charge is -2.41. The van der Waals surface area contributed by atoms with Crippen LogP contribution in [0, 0.1) is 0 Å². The second-order valence-corrected chi connectivity index (χ2v) is 8.99. The number of likely N-dealkylation sites (tertiary alicyclic amines) is 1. The summed E-state index contributed by atoms with van der Waals surface area (Å²) in [7, 11) is 2.15. The van der Waals surface area contributed by atoms with Crippen LogP contribution in [0.2, 0.25) is 0 Å². The molecule has 1 aromatic carbocycles. The second kappa shape index (κ2) is 10.5. The van der Waals surface area contributed by atoms with Crippen molar-refractivity contribution >= 4 is 11.7 Å². The highest BCUT2D eigenvalue weighted by molar-refractivity contribution is 5.89. The molecule has 30 heavy (non-hydrogen) atoms. The van der Waals surface area contributed by atoms with E-state index in [9.17, 15) is 4.79 Å². The molecule has 0 spiro atoms. The summed E-state index contributed by atoms with van der Waals surface area (Å²) in [6.07, 6.45) is 6.67. The molecule has 0 unspecified atom stereocenters. The van der Waals surface area contributed by atoms with Crippen molar-refractivity contribution in [3.8, 4) is 5.75 Å². The van der Waals surface area contributed by atoms with Gasteiger partial charge >= 0.3 is 6.03 Å². The summed E-state index contributed by atoms with van der Waals surface area (Å²) in [5.41, 5.74) is 0.791. The second-order valence-electron chi connectivity index (χ2n) is 8.99. The third-order valence-electron chi connectivity index (χ3n) is 6.79. The normalized spacial score (nSPS) is 22.4. The summed E-state index contributed by atoms with van der Waals surface area (Å²) in [6.45, 7) is 8.21. The Bertz CT molecular complexity index is 663. The van der Waals surface area contributed by atoms with Gasteiger partial charge in [-0.25, -0.2) is 4.79 Å². The van der Waals surface area contributed by atoms with Crippen molar-refractivity contribution in [3.63, 3.8) is 0 Å². The lowest BCUT2D eigenvalue weighted by atomic mass is 9.90. The van der Waals surface area contributed by atoms with E-state index in [1.54, 1.807) is 0 Å². The van der Waals surface area contributed by atoms with E-state index in [0.29, 0.717) is 12.6 Å². The fourth-order valence-electron chi connectivity index (χ4n) is 4.49. The third kappa shape index (κ3) is 6.09. The molecule has 0 radical (unpaired) electrons. The molecule has 2 aliphatic heterocycles. The van der Waals surface area contributed by atoms with Gasteiger partial charge < -0.3 is 25.2 Å². The Labute approximate surface area is 180 Å². The number of carbonyl (C=O) groups is 1. The van der Waals surface area contributed by atoms with Gasteiger partial charge in [0, 0.05) is 64.1 Å². The number of urea groups is 1. The lowest BCUT2D eigenvalue weighted by Crippen LogP contribution is -2.47. The van der Waals surface area contributed by atoms with Crippen LogP contribution in [-0.2, 0) is 0 Å². The summed E-state index contributed by atoms with van der Waals surface area (Å²) >= 11 is 0. The zero-order chi connectivity index (χ0) is 20.8. The molecule has 7 heteroatoms. The summed E-state index contributed by atoms with van der Waals surface area (Å²) < 4.78 is 6.17. The SMILES string of the molecule is CN1CCN(CCNC(=O)Nc2ccc(OC3CCN(C4CCC4)CC3)cc2)CC1. The van der Waals surface area contributed by atoms with Crippen LogP contribution in [0.1, 0.15) is 32.1 Å². The molecule has 0 aromatic heterocycles. The van der Waals surface area contributed by atoms with Crippen molar-refractivity contribution in [2.24, 2.45) is 0 Å². The maximum atomic E-state index is 12.1. The van der Waals surface area contributed by atoms with E-state index >= 15 is 0 Å². The Hall–Kier alpha value is -1.83. The van der Waals surface area contributed by atoms with Gasteiger partial charge in [0.15, 0.2) is 0 Å². The number of ether oxygens (including phenoxy) is 1. The van der Waals surface area contributed by atoms with Crippen LogP contribution in [0.15, 0.2) is 24.3 Å². The van der Waals surface area contributed by atoms with E-state index in [1.165, 1.54) is 19.3 Å². The number of nitrogens with zero attached hydrogens (tertiary/aromatic N) is 3. The highest BCUT2D eigenvalue weighted by Gasteiger charge is 2.29. The van der Waals surface area contributed by atoms with Crippen molar-refractivity contribution in [1.29, 1.82) is 0 Å². The van der Waals surface area contributed by atoms with Gasteiger partial charge in [-0.2, -0.15) is 0 Å². The topological polar surface area (TPSA) is 60.1 Å². The molecular formula is C23H37N5O2. The Morgan fingerprint density at radius 2 is 1.70 bits per heavy atom. The van der Waals surface area contributed by atoms with Crippen LogP contribution in [0.5, 0.6) is 5.75 Å². The average molecular weight is 416 g/mol. The molecule has 7 nitrogen and oxygen atoms in total. The zero-order valence-electron chi connectivity index (χ0n) is 18.3. The average Bonchev–Trinajstić information content (AvgIpc) is 2.71. The van der Waals surface area contributed by atoms with Crippen LogP contribution in [-0.4, -0.2) is 92.3 Å². The third-order valence-corrected chi connectivity index (χ3v) is 6.79. The van der Waals surface area contributed by atoms with Crippen LogP contribution in [0.3, 0.4) is 0 Å². The van der Waals surface area contributed by atoms with Gasteiger partial charge in [0.05, 0.1) is 0 Å². The number of anilines is 1. The summed E-state index contributed by atoms with van der Waals surface area (Å²) in [4.78, 5) is 19.5. The minimum Gasteiger partial charge on any atom is -0.490 e. The Balaban J connectivity index is 1.12. The molecule has 1 aliphatic carbocycles. The van der Waals surface area contributed by atoms with E-state index in [2.05, 4.69) is 32.4 Å². The first-order valence-electron chi connectivity index (χ1n) is 11.6. The van der Waals surface area contributed by atoms with Gasteiger partial charge in [0.1, 0.15) is 11.9 Å². The Morgan fingerprint density at radius 1 is 1.00 bits per heavy atom. The maximum absolute atomic E-state index is 12.1. The fraction of sp³-hybridized carbons (Fsp3) is 0.696. The molecule has 1 aromatic rings.